The van der Waals surface area contributed by atoms with Gasteiger partial charge in [0.25, 0.3) is 0 Å². The standard InChI is InChI=1S/C15H24N4O/c1-2-8-20-12-4-3-7-19(10-12)15-13-9-16-6-5-14(13)17-11-18-15/h11-12,16H,2-10H2,1H3. The summed E-state index contributed by atoms with van der Waals surface area (Å²) in [5.74, 6) is 1.12. The second kappa shape index (κ2) is 6.50. The van der Waals surface area contributed by atoms with Crippen LogP contribution in [0.1, 0.15) is 37.4 Å². The average Bonchev–Trinajstić information content (AvgIpc) is 2.52. The first-order valence-electron chi connectivity index (χ1n) is 7.78. The van der Waals surface area contributed by atoms with E-state index in [4.69, 9.17) is 4.74 Å². The van der Waals surface area contributed by atoms with Crippen LogP contribution < -0.4 is 10.2 Å². The van der Waals surface area contributed by atoms with Crippen molar-refractivity contribution >= 4 is 5.82 Å². The number of piperidine rings is 1. The van der Waals surface area contributed by atoms with E-state index in [2.05, 4.69) is 27.1 Å². The Balaban J connectivity index is 1.75. The Labute approximate surface area is 120 Å². The molecule has 0 radical (unpaired) electrons. The smallest absolute Gasteiger partial charge is 0.136 e. The minimum absolute atomic E-state index is 0.353. The van der Waals surface area contributed by atoms with Gasteiger partial charge in [0.15, 0.2) is 0 Å². The molecule has 1 fully saturated rings. The molecular weight excluding hydrogens is 252 g/mol. The maximum atomic E-state index is 5.93. The number of rotatable bonds is 4. The normalized spacial score (nSPS) is 22.6. The molecule has 0 spiro atoms. The largest absolute Gasteiger partial charge is 0.376 e. The summed E-state index contributed by atoms with van der Waals surface area (Å²) >= 11 is 0. The Morgan fingerprint density at radius 1 is 1.45 bits per heavy atom. The van der Waals surface area contributed by atoms with Crippen LogP contribution in [0.3, 0.4) is 0 Å². The van der Waals surface area contributed by atoms with Crippen LogP contribution in [-0.4, -0.2) is 42.3 Å². The first-order valence-corrected chi connectivity index (χ1v) is 7.78. The van der Waals surface area contributed by atoms with E-state index in [1.54, 1.807) is 6.33 Å². The van der Waals surface area contributed by atoms with E-state index in [1.807, 2.05) is 0 Å². The quantitative estimate of drug-likeness (QED) is 0.903. The van der Waals surface area contributed by atoms with Gasteiger partial charge in [-0.2, -0.15) is 0 Å². The highest BCUT2D eigenvalue weighted by atomic mass is 16.5. The molecule has 1 N–H and O–H groups in total. The van der Waals surface area contributed by atoms with Crippen LogP contribution in [0.5, 0.6) is 0 Å². The van der Waals surface area contributed by atoms with Gasteiger partial charge in [-0.05, 0) is 19.3 Å². The molecule has 5 nitrogen and oxygen atoms in total. The monoisotopic (exact) mass is 276 g/mol. The number of hydrogen-bond donors (Lipinski definition) is 1. The van der Waals surface area contributed by atoms with Gasteiger partial charge in [0, 0.05) is 44.8 Å². The van der Waals surface area contributed by atoms with E-state index in [9.17, 15) is 0 Å². The summed E-state index contributed by atoms with van der Waals surface area (Å²) in [5.41, 5.74) is 2.50. The van der Waals surface area contributed by atoms with Crippen molar-refractivity contribution < 1.29 is 4.74 Å². The predicted molar refractivity (Wildman–Crippen MR) is 78.9 cm³/mol. The molecule has 2 aliphatic rings. The third-order valence-corrected chi connectivity index (χ3v) is 4.09. The SMILES string of the molecule is CCCOC1CCCN(c2ncnc3c2CNCC3)C1. The van der Waals surface area contributed by atoms with Crippen LogP contribution >= 0.6 is 0 Å². The van der Waals surface area contributed by atoms with Crippen molar-refractivity contribution in [3.05, 3.63) is 17.6 Å². The highest BCUT2D eigenvalue weighted by Crippen LogP contribution is 2.26. The summed E-state index contributed by atoms with van der Waals surface area (Å²) in [6.45, 7) is 6.97. The molecule has 1 saturated heterocycles. The van der Waals surface area contributed by atoms with Crippen molar-refractivity contribution in [2.45, 2.75) is 45.3 Å². The maximum absolute atomic E-state index is 5.93. The first-order chi connectivity index (χ1) is 9.88. The molecule has 0 bridgehead atoms. The molecule has 1 aromatic heterocycles. The maximum Gasteiger partial charge on any atom is 0.136 e. The molecule has 1 unspecified atom stereocenters. The molecule has 20 heavy (non-hydrogen) atoms. The van der Waals surface area contributed by atoms with E-state index in [1.165, 1.54) is 24.1 Å². The molecule has 5 heteroatoms. The van der Waals surface area contributed by atoms with Crippen molar-refractivity contribution in [2.24, 2.45) is 0 Å². The molecule has 110 valence electrons. The highest BCUT2D eigenvalue weighted by molar-refractivity contribution is 5.49. The Bertz CT molecular complexity index is 451. The fraction of sp³-hybridized carbons (Fsp3) is 0.733. The summed E-state index contributed by atoms with van der Waals surface area (Å²) in [5, 5.41) is 3.43. The zero-order valence-corrected chi connectivity index (χ0v) is 12.3. The van der Waals surface area contributed by atoms with Gasteiger partial charge >= 0.3 is 0 Å². The summed E-state index contributed by atoms with van der Waals surface area (Å²) in [4.78, 5) is 11.4. The van der Waals surface area contributed by atoms with Gasteiger partial charge in [-0.25, -0.2) is 9.97 Å². The van der Waals surface area contributed by atoms with Gasteiger partial charge in [0.05, 0.1) is 11.8 Å². The average molecular weight is 276 g/mol. The lowest BCUT2D eigenvalue weighted by molar-refractivity contribution is 0.0438. The van der Waals surface area contributed by atoms with E-state index in [-0.39, 0.29) is 0 Å². The number of fused-ring (bicyclic) bond motifs is 1. The summed E-state index contributed by atoms with van der Waals surface area (Å²) < 4.78 is 5.93. The second-order valence-electron chi connectivity index (χ2n) is 5.63. The van der Waals surface area contributed by atoms with E-state index in [0.717, 1.165) is 51.4 Å². The van der Waals surface area contributed by atoms with Crippen molar-refractivity contribution in [2.75, 3.05) is 31.1 Å². The number of ether oxygens (including phenoxy) is 1. The number of anilines is 1. The molecule has 0 saturated carbocycles. The number of hydrogen-bond acceptors (Lipinski definition) is 5. The fourth-order valence-corrected chi connectivity index (χ4v) is 3.08. The Morgan fingerprint density at radius 2 is 2.40 bits per heavy atom. The van der Waals surface area contributed by atoms with Crippen LogP contribution in [-0.2, 0) is 17.7 Å². The lowest BCUT2D eigenvalue weighted by Crippen LogP contribution is -2.41. The number of aromatic nitrogens is 2. The van der Waals surface area contributed by atoms with Crippen molar-refractivity contribution in [1.82, 2.24) is 15.3 Å². The van der Waals surface area contributed by atoms with Crippen LogP contribution in [0.4, 0.5) is 5.82 Å². The predicted octanol–water partition coefficient (Wildman–Crippen LogP) is 1.52. The van der Waals surface area contributed by atoms with Gasteiger partial charge in [0.1, 0.15) is 12.1 Å². The van der Waals surface area contributed by atoms with Crippen molar-refractivity contribution in [1.29, 1.82) is 0 Å². The molecule has 1 aromatic rings. The lowest BCUT2D eigenvalue weighted by Gasteiger charge is -2.35. The first kappa shape index (κ1) is 13.8. The van der Waals surface area contributed by atoms with Gasteiger partial charge < -0.3 is 15.0 Å². The zero-order chi connectivity index (χ0) is 13.8. The third kappa shape index (κ3) is 2.94. The highest BCUT2D eigenvalue weighted by Gasteiger charge is 2.25. The molecule has 0 amide bonds. The minimum Gasteiger partial charge on any atom is -0.376 e. The molecular formula is C15H24N4O. The molecule has 3 rings (SSSR count). The molecule has 2 aliphatic heterocycles. The fourth-order valence-electron chi connectivity index (χ4n) is 3.08. The van der Waals surface area contributed by atoms with Crippen molar-refractivity contribution in [3.8, 4) is 0 Å². The number of nitrogens with one attached hydrogen (secondary N) is 1. The van der Waals surface area contributed by atoms with Crippen LogP contribution in [0, 0.1) is 0 Å². The molecule has 1 atom stereocenters. The summed E-state index contributed by atoms with van der Waals surface area (Å²) in [6, 6.07) is 0. The lowest BCUT2D eigenvalue weighted by atomic mass is 10.0. The van der Waals surface area contributed by atoms with Crippen LogP contribution in [0.15, 0.2) is 6.33 Å². The van der Waals surface area contributed by atoms with Gasteiger partial charge in [-0.1, -0.05) is 6.92 Å². The molecule has 0 aromatic carbocycles. The molecule has 0 aliphatic carbocycles. The Kier molecular flexibility index (Phi) is 4.47. The topological polar surface area (TPSA) is 50.3 Å². The Hall–Kier alpha value is -1.20. The number of nitrogens with zero attached hydrogens (tertiary/aromatic N) is 3. The minimum atomic E-state index is 0.353. The second-order valence-corrected chi connectivity index (χ2v) is 5.63. The van der Waals surface area contributed by atoms with Crippen molar-refractivity contribution in [3.63, 3.8) is 0 Å². The zero-order valence-electron chi connectivity index (χ0n) is 12.3. The van der Waals surface area contributed by atoms with E-state index >= 15 is 0 Å². The summed E-state index contributed by atoms with van der Waals surface area (Å²) in [7, 11) is 0. The van der Waals surface area contributed by atoms with E-state index < -0.39 is 0 Å². The third-order valence-electron chi connectivity index (χ3n) is 4.09. The van der Waals surface area contributed by atoms with E-state index in [0.29, 0.717) is 6.10 Å². The van der Waals surface area contributed by atoms with Crippen LogP contribution in [0.2, 0.25) is 0 Å². The summed E-state index contributed by atoms with van der Waals surface area (Å²) in [6.07, 6.45) is 6.52. The Morgan fingerprint density at radius 3 is 3.30 bits per heavy atom. The molecule has 3 heterocycles. The van der Waals surface area contributed by atoms with Gasteiger partial charge in [0.2, 0.25) is 0 Å². The van der Waals surface area contributed by atoms with Crippen LogP contribution in [0.25, 0.3) is 0 Å². The van der Waals surface area contributed by atoms with Gasteiger partial charge in [-0.15, -0.1) is 0 Å². The van der Waals surface area contributed by atoms with Gasteiger partial charge in [-0.3, -0.25) is 0 Å².